The van der Waals surface area contributed by atoms with E-state index in [0.29, 0.717) is 24.4 Å². The molecule has 2 aliphatic heterocycles. The molecule has 0 unspecified atom stereocenters. The maximum Gasteiger partial charge on any atom is 0.251 e. The summed E-state index contributed by atoms with van der Waals surface area (Å²) >= 11 is 0. The lowest BCUT2D eigenvalue weighted by atomic mass is 9.77. The number of nitrogens with zero attached hydrogens (tertiary/aromatic N) is 2. The Bertz CT molecular complexity index is 941. The number of fused-ring (bicyclic) bond motifs is 5. The first-order valence-electron chi connectivity index (χ1n) is 10.4. The van der Waals surface area contributed by atoms with Gasteiger partial charge in [-0.15, -0.1) is 0 Å². The van der Waals surface area contributed by atoms with Crippen LogP contribution in [0.15, 0.2) is 47.3 Å². The predicted octanol–water partition coefficient (Wildman–Crippen LogP) is 2.11. The van der Waals surface area contributed by atoms with Gasteiger partial charge in [0.05, 0.1) is 6.04 Å². The number of amides is 1. The van der Waals surface area contributed by atoms with Gasteiger partial charge in [-0.1, -0.05) is 30.3 Å². The van der Waals surface area contributed by atoms with Crippen molar-refractivity contribution >= 4 is 5.91 Å². The standard InChI is InChI=1S/C23H27N3O2/c1-15(27)24-12-22-19-9-18(21-7-4-8-23(28)26(21)22)13-25(14-19)20-10-16-5-2-3-6-17(16)11-20/h2-8,18-20,22H,9-14H2,1H3,(H,24,27)/t18-,19+,22+/m1/s1. The van der Waals surface area contributed by atoms with Crippen molar-refractivity contribution in [1.82, 2.24) is 14.8 Å². The SMILES string of the molecule is CC(=O)NC[C@H]1[C@H]2C[C@H](CN(C3Cc4ccccc4C3)C2)c2cccc(=O)n21. The zero-order chi connectivity index (χ0) is 19.3. The molecule has 28 heavy (non-hydrogen) atoms. The minimum atomic E-state index is -0.0356. The second-order valence-electron chi connectivity index (χ2n) is 8.64. The Morgan fingerprint density at radius 3 is 2.54 bits per heavy atom. The van der Waals surface area contributed by atoms with Gasteiger partial charge in [-0.05, 0) is 42.4 Å². The van der Waals surface area contributed by atoms with Gasteiger partial charge in [0.2, 0.25) is 5.91 Å². The zero-order valence-electron chi connectivity index (χ0n) is 16.3. The smallest absolute Gasteiger partial charge is 0.251 e. The van der Waals surface area contributed by atoms with Crippen LogP contribution in [0, 0.1) is 5.92 Å². The predicted molar refractivity (Wildman–Crippen MR) is 108 cm³/mol. The van der Waals surface area contributed by atoms with Crippen molar-refractivity contribution in [2.75, 3.05) is 19.6 Å². The van der Waals surface area contributed by atoms with Gasteiger partial charge in [-0.2, -0.15) is 0 Å². The summed E-state index contributed by atoms with van der Waals surface area (Å²) in [7, 11) is 0. The van der Waals surface area contributed by atoms with Gasteiger partial charge in [-0.3, -0.25) is 14.5 Å². The number of pyridine rings is 1. The van der Waals surface area contributed by atoms with E-state index in [-0.39, 0.29) is 17.5 Å². The van der Waals surface area contributed by atoms with E-state index in [1.165, 1.54) is 11.1 Å². The number of rotatable bonds is 3. The molecule has 3 heterocycles. The quantitative estimate of drug-likeness (QED) is 0.891. The Morgan fingerprint density at radius 1 is 1.07 bits per heavy atom. The van der Waals surface area contributed by atoms with E-state index >= 15 is 0 Å². The largest absolute Gasteiger partial charge is 0.354 e. The van der Waals surface area contributed by atoms with Gasteiger partial charge in [0.1, 0.15) is 0 Å². The van der Waals surface area contributed by atoms with Gasteiger partial charge in [0, 0.05) is 50.3 Å². The van der Waals surface area contributed by atoms with Crippen molar-refractivity contribution < 1.29 is 4.79 Å². The van der Waals surface area contributed by atoms with Crippen molar-refractivity contribution in [3.8, 4) is 0 Å². The average Bonchev–Trinajstić information content (AvgIpc) is 3.12. The summed E-state index contributed by atoms with van der Waals surface area (Å²) in [6.07, 6.45) is 3.34. The number of carbonyl (C=O) groups excluding carboxylic acids is 1. The molecular weight excluding hydrogens is 350 g/mol. The molecule has 1 saturated heterocycles. The van der Waals surface area contributed by atoms with Crippen molar-refractivity contribution in [2.45, 2.75) is 44.2 Å². The lowest BCUT2D eigenvalue weighted by Gasteiger charge is -2.48. The van der Waals surface area contributed by atoms with E-state index in [0.717, 1.165) is 38.0 Å². The third kappa shape index (κ3) is 2.98. The highest BCUT2D eigenvalue weighted by atomic mass is 16.1. The highest BCUT2D eigenvalue weighted by Crippen LogP contribution is 2.42. The third-order valence-electron chi connectivity index (χ3n) is 6.93. The van der Waals surface area contributed by atoms with E-state index in [2.05, 4.69) is 40.5 Å². The van der Waals surface area contributed by atoms with Crippen LogP contribution in [0.25, 0.3) is 0 Å². The molecule has 3 atom stereocenters. The van der Waals surface area contributed by atoms with Crippen LogP contribution in [0.5, 0.6) is 0 Å². The molecule has 1 aromatic carbocycles. The minimum Gasteiger partial charge on any atom is -0.354 e. The van der Waals surface area contributed by atoms with Gasteiger partial charge < -0.3 is 9.88 Å². The number of nitrogens with one attached hydrogen (secondary N) is 1. The van der Waals surface area contributed by atoms with Crippen molar-refractivity contribution in [2.24, 2.45) is 5.92 Å². The van der Waals surface area contributed by atoms with Crippen molar-refractivity contribution in [3.05, 3.63) is 69.6 Å². The summed E-state index contributed by atoms with van der Waals surface area (Å²) in [5, 5.41) is 2.97. The van der Waals surface area contributed by atoms with Gasteiger partial charge >= 0.3 is 0 Å². The van der Waals surface area contributed by atoms with E-state index < -0.39 is 0 Å². The second kappa shape index (κ2) is 6.89. The number of piperidine rings is 1. The van der Waals surface area contributed by atoms with Crippen LogP contribution < -0.4 is 10.9 Å². The summed E-state index contributed by atoms with van der Waals surface area (Å²) in [5.74, 6) is 0.749. The fraction of sp³-hybridized carbons (Fsp3) is 0.478. The molecule has 0 radical (unpaired) electrons. The number of hydrogen-bond acceptors (Lipinski definition) is 3. The Kier molecular flexibility index (Phi) is 4.35. The maximum atomic E-state index is 12.7. The molecule has 2 bridgehead atoms. The van der Waals surface area contributed by atoms with Gasteiger partial charge in [0.25, 0.3) is 5.56 Å². The lowest BCUT2D eigenvalue weighted by molar-refractivity contribution is -0.119. The molecule has 5 rings (SSSR count). The first-order chi connectivity index (χ1) is 13.6. The van der Waals surface area contributed by atoms with Crippen LogP contribution in [0.4, 0.5) is 0 Å². The van der Waals surface area contributed by atoms with Crippen LogP contribution in [-0.4, -0.2) is 41.1 Å². The second-order valence-corrected chi connectivity index (χ2v) is 8.64. The fourth-order valence-corrected chi connectivity index (χ4v) is 5.68. The first kappa shape index (κ1) is 17.7. The summed E-state index contributed by atoms with van der Waals surface area (Å²) in [6.45, 7) is 4.09. The fourth-order valence-electron chi connectivity index (χ4n) is 5.68. The Hall–Kier alpha value is -2.40. The molecule has 1 fully saturated rings. The van der Waals surface area contributed by atoms with E-state index in [1.54, 1.807) is 13.0 Å². The summed E-state index contributed by atoms with van der Waals surface area (Å²) < 4.78 is 1.97. The van der Waals surface area contributed by atoms with Crippen LogP contribution in [-0.2, 0) is 17.6 Å². The highest BCUT2D eigenvalue weighted by Gasteiger charge is 2.42. The first-order valence-corrected chi connectivity index (χ1v) is 10.4. The number of carbonyl (C=O) groups is 1. The molecule has 2 aromatic rings. The number of aromatic nitrogens is 1. The number of likely N-dealkylation sites (tertiary alicyclic amines) is 1. The van der Waals surface area contributed by atoms with Gasteiger partial charge in [0.15, 0.2) is 0 Å². The Morgan fingerprint density at radius 2 is 1.82 bits per heavy atom. The number of hydrogen-bond donors (Lipinski definition) is 1. The normalized spacial score (nSPS) is 26.5. The van der Waals surface area contributed by atoms with E-state index in [4.69, 9.17) is 0 Å². The summed E-state index contributed by atoms with van der Waals surface area (Å²) in [4.78, 5) is 26.9. The minimum absolute atomic E-state index is 0.0356. The van der Waals surface area contributed by atoms with Crippen molar-refractivity contribution in [1.29, 1.82) is 0 Å². The monoisotopic (exact) mass is 377 g/mol. The molecule has 1 amide bonds. The van der Waals surface area contributed by atoms with E-state index in [9.17, 15) is 9.59 Å². The van der Waals surface area contributed by atoms with Crippen LogP contribution in [0.1, 0.15) is 42.1 Å². The molecular formula is C23H27N3O2. The molecule has 0 saturated carbocycles. The molecule has 1 aromatic heterocycles. The summed E-state index contributed by atoms with van der Waals surface area (Å²) in [6, 6.07) is 15.0. The average molecular weight is 377 g/mol. The zero-order valence-corrected chi connectivity index (χ0v) is 16.3. The Labute approximate surface area is 165 Å². The van der Waals surface area contributed by atoms with Gasteiger partial charge in [-0.25, -0.2) is 0 Å². The third-order valence-corrected chi connectivity index (χ3v) is 6.93. The molecule has 146 valence electrons. The van der Waals surface area contributed by atoms with Crippen LogP contribution in [0.2, 0.25) is 0 Å². The molecule has 5 heteroatoms. The molecule has 1 N–H and O–H groups in total. The van der Waals surface area contributed by atoms with E-state index in [1.807, 2.05) is 10.6 Å². The van der Waals surface area contributed by atoms with Crippen molar-refractivity contribution in [3.63, 3.8) is 0 Å². The molecule has 5 nitrogen and oxygen atoms in total. The topological polar surface area (TPSA) is 54.3 Å². The highest BCUT2D eigenvalue weighted by molar-refractivity contribution is 5.72. The maximum absolute atomic E-state index is 12.7. The Balaban J connectivity index is 1.44. The summed E-state index contributed by atoms with van der Waals surface area (Å²) in [5.41, 5.74) is 4.16. The van der Waals surface area contributed by atoms with Crippen LogP contribution >= 0.6 is 0 Å². The lowest BCUT2D eigenvalue weighted by Crippen LogP contribution is -2.54. The number of benzene rings is 1. The molecule has 1 aliphatic carbocycles. The molecule has 0 spiro atoms. The van der Waals surface area contributed by atoms with Crippen LogP contribution in [0.3, 0.4) is 0 Å². The molecule has 3 aliphatic rings.